The van der Waals surface area contributed by atoms with Crippen molar-refractivity contribution in [3.05, 3.63) is 0 Å². The van der Waals surface area contributed by atoms with Gasteiger partial charge in [-0.25, -0.2) is 0 Å². The van der Waals surface area contributed by atoms with E-state index in [0.717, 1.165) is 12.5 Å². The van der Waals surface area contributed by atoms with Crippen LogP contribution in [-0.4, -0.2) is 36.1 Å². The molecule has 0 radical (unpaired) electrons. The summed E-state index contributed by atoms with van der Waals surface area (Å²) in [5.74, 6) is 0.741. The maximum atomic E-state index is 3.67. The average molecular weight is 212 g/mol. The molecule has 15 heavy (non-hydrogen) atoms. The summed E-state index contributed by atoms with van der Waals surface area (Å²) >= 11 is 0. The SMILES string of the molecule is CCCCN1CC(C(C)C)NCC1(C)C. The van der Waals surface area contributed by atoms with Crippen LogP contribution >= 0.6 is 0 Å². The normalized spacial score (nSPS) is 27.2. The second-order valence-electron chi connectivity index (χ2n) is 5.84. The molecule has 1 N–H and O–H groups in total. The van der Waals surface area contributed by atoms with Gasteiger partial charge in [-0.05, 0) is 32.7 Å². The van der Waals surface area contributed by atoms with E-state index in [0.29, 0.717) is 11.6 Å². The molecule has 0 aliphatic carbocycles. The summed E-state index contributed by atoms with van der Waals surface area (Å²) in [6.45, 7) is 15.2. The third-order valence-corrected chi connectivity index (χ3v) is 3.66. The standard InChI is InChI=1S/C13H28N2/c1-6-7-8-15-9-12(11(2)3)14-10-13(15,4)5/h11-12,14H,6-10H2,1-5H3. The maximum Gasteiger partial charge on any atom is 0.0278 e. The van der Waals surface area contributed by atoms with E-state index >= 15 is 0 Å². The van der Waals surface area contributed by atoms with Crippen molar-refractivity contribution in [2.75, 3.05) is 19.6 Å². The Balaban J connectivity index is 2.54. The molecule has 1 aliphatic rings. The Morgan fingerprint density at radius 2 is 2.07 bits per heavy atom. The summed E-state index contributed by atoms with van der Waals surface area (Å²) in [6, 6.07) is 0.676. The molecule has 0 aromatic rings. The van der Waals surface area contributed by atoms with E-state index in [1.54, 1.807) is 0 Å². The van der Waals surface area contributed by atoms with Crippen LogP contribution in [0.1, 0.15) is 47.5 Å². The van der Waals surface area contributed by atoms with Crippen LogP contribution in [0.3, 0.4) is 0 Å². The monoisotopic (exact) mass is 212 g/mol. The molecule has 1 saturated heterocycles. The quantitative estimate of drug-likeness (QED) is 0.770. The van der Waals surface area contributed by atoms with Crippen LogP contribution < -0.4 is 5.32 Å². The summed E-state index contributed by atoms with van der Waals surface area (Å²) in [5.41, 5.74) is 0.334. The minimum atomic E-state index is 0.334. The summed E-state index contributed by atoms with van der Waals surface area (Å²) < 4.78 is 0. The van der Waals surface area contributed by atoms with Gasteiger partial charge in [-0.2, -0.15) is 0 Å². The molecule has 0 bridgehead atoms. The zero-order valence-electron chi connectivity index (χ0n) is 11.1. The Morgan fingerprint density at radius 1 is 1.40 bits per heavy atom. The number of unbranched alkanes of at least 4 members (excludes halogenated alkanes) is 1. The van der Waals surface area contributed by atoms with E-state index in [4.69, 9.17) is 0 Å². The van der Waals surface area contributed by atoms with Gasteiger partial charge in [-0.3, -0.25) is 4.90 Å². The topological polar surface area (TPSA) is 15.3 Å². The van der Waals surface area contributed by atoms with E-state index in [1.165, 1.54) is 25.9 Å². The van der Waals surface area contributed by atoms with Gasteiger partial charge in [-0.1, -0.05) is 27.2 Å². The third-order valence-electron chi connectivity index (χ3n) is 3.66. The van der Waals surface area contributed by atoms with E-state index in [-0.39, 0.29) is 0 Å². The molecule has 0 amide bonds. The summed E-state index contributed by atoms with van der Waals surface area (Å²) in [6.07, 6.45) is 2.63. The van der Waals surface area contributed by atoms with E-state index in [9.17, 15) is 0 Å². The lowest BCUT2D eigenvalue weighted by Crippen LogP contribution is -2.63. The Morgan fingerprint density at radius 3 is 2.60 bits per heavy atom. The summed E-state index contributed by atoms with van der Waals surface area (Å²) in [7, 11) is 0. The molecule has 1 fully saturated rings. The van der Waals surface area contributed by atoms with Crippen LogP contribution in [0.5, 0.6) is 0 Å². The van der Waals surface area contributed by atoms with Crippen molar-refractivity contribution in [2.45, 2.75) is 59.0 Å². The molecule has 0 aromatic carbocycles. The van der Waals surface area contributed by atoms with Crippen molar-refractivity contribution in [3.63, 3.8) is 0 Å². The number of rotatable bonds is 4. The van der Waals surface area contributed by atoms with Gasteiger partial charge in [0.1, 0.15) is 0 Å². The predicted molar refractivity (Wildman–Crippen MR) is 67.2 cm³/mol. The predicted octanol–water partition coefficient (Wildman–Crippen LogP) is 2.49. The number of hydrogen-bond acceptors (Lipinski definition) is 2. The molecule has 1 aliphatic heterocycles. The average Bonchev–Trinajstić information content (AvgIpc) is 2.15. The van der Waals surface area contributed by atoms with Gasteiger partial charge in [-0.15, -0.1) is 0 Å². The molecule has 0 spiro atoms. The molecule has 1 rings (SSSR count). The molecule has 0 aromatic heterocycles. The fraction of sp³-hybridized carbons (Fsp3) is 1.00. The lowest BCUT2D eigenvalue weighted by Gasteiger charge is -2.47. The van der Waals surface area contributed by atoms with Crippen molar-refractivity contribution in [1.29, 1.82) is 0 Å². The molecule has 1 atom stereocenters. The molecule has 0 saturated carbocycles. The molecular formula is C13H28N2. The fourth-order valence-electron chi connectivity index (χ4n) is 2.23. The highest BCUT2D eigenvalue weighted by atomic mass is 15.3. The molecule has 1 heterocycles. The van der Waals surface area contributed by atoms with Gasteiger partial charge in [0, 0.05) is 24.7 Å². The highest BCUT2D eigenvalue weighted by Crippen LogP contribution is 2.21. The first-order valence-corrected chi connectivity index (χ1v) is 6.46. The van der Waals surface area contributed by atoms with Crippen LogP contribution in [0, 0.1) is 5.92 Å². The lowest BCUT2D eigenvalue weighted by molar-refractivity contribution is 0.0535. The van der Waals surface area contributed by atoms with Crippen molar-refractivity contribution in [3.8, 4) is 0 Å². The lowest BCUT2D eigenvalue weighted by atomic mass is 9.92. The summed E-state index contributed by atoms with van der Waals surface area (Å²) in [5, 5.41) is 3.67. The molecule has 90 valence electrons. The second kappa shape index (κ2) is 5.31. The Hall–Kier alpha value is -0.0800. The Bertz CT molecular complexity index is 187. The van der Waals surface area contributed by atoms with Gasteiger partial charge in [0.05, 0.1) is 0 Å². The number of hydrogen-bond donors (Lipinski definition) is 1. The molecule has 1 unspecified atom stereocenters. The third kappa shape index (κ3) is 3.46. The minimum absolute atomic E-state index is 0.334. The van der Waals surface area contributed by atoms with Gasteiger partial charge < -0.3 is 5.32 Å². The highest BCUT2D eigenvalue weighted by molar-refractivity contribution is 4.93. The fourth-order valence-corrected chi connectivity index (χ4v) is 2.23. The Kier molecular flexibility index (Phi) is 4.60. The van der Waals surface area contributed by atoms with Gasteiger partial charge in [0.15, 0.2) is 0 Å². The molecule has 2 heteroatoms. The van der Waals surface area contributed by atoms with Crippen LogP contribution in [-0.2, 0) is 0 Å². The largest absolute Gasteiger partial charge is 0.311 e. The zero-order valence-corrected chi connectivity index (χ0v) is 11.1. The van der Waals surface area contributed by atoms with Crippen LogP contribution in [0.4, 0.5) is 0 Å². The van der Waals surface area contributed by atoms with E-state index in [1.807, 2.05) is 0 Å². The van der Waals surface area contributed by atoms with Gasteiger partial charge in [0.2, 0.25) is 0 Å². The first-order valence-electron chi connectivity index (χ1n) is 6.46. The van der Waals surface area contributed by atoms with Crippen molar-refractivity contribution in [1.82, 2.24) is 10.2 Å². The minimum Gasteiger partial charge on any atom is -0.311 e. The maximum absolute atomic E-state index is 3.67. The molecule has 2 nitrogen and oxygen atoms in total. The van der Waals surface area contributed by atoms with Gasteiger partial charge in [0.25, 0.3) is 0 Å². The Labute approximate surface area is 95.4 Å². The van der Waals surface area contributed by atoms with Crippen LogP contribution in [0.2, 0.25) is 0 Å². The zero-order chi connectivity index (χ0) is 11.5. The van der Waals surface area contributed by atoms with E-state index < -0.39 is 0 Å². The van der Waals surface area contributed by atoms with E-state index in [2.05, 4.69) is 44.8 Å². The summed E-state index contributed by atoms with van der Waals surface area (Å²) in [4.78, 5) is 2.66. The highest BCUT2D eigenvalue weighted by Gasteiger charge is 2.34. The van der Waals surface area contributed by atoms with Crippen molar-refractivity contribution >= 4 is 0 Å². The van der Waals surface area contributed by atoms with Crippen LogP contribution in [0.25, 0.3) is 0 Å². The van der Waals surface area contributed by atoms with Crippen molar-refractivity contribution in [2.24, 2.45) is 5.92 Å². The van der Waals surface area contributed by atoms with Crippen molar-refractivity contribution < 1.29 is 0 Å². The molecular weight excluding hydrogens is 184 g/mol. The first kappa shape index (κ1) is 13.0. The smallest absolute Gasteiger partial charge is 0.0278 e. The number of nitrogens with one attached hydrogen (secondary N) is 1. The number of nitrogens with zero attached hydrogens (tertiary/aromatic N) is 1. The second-order valence-corrected chi connectivity index (χ2v) is 5.84. The van der Waals surface area contributed by atoms with Gasteiger partial charge >= 0.3 is 0 Å². The van der Waals surface area contributed by atoms with Crippen LogP contribution in [0.15, 0.2) is 0 Å². The number of piperazine rings is 1. The first-order chi connectivity index (χ1) is 6.97.